The molecule has 0 fully saturated rings. The smallest absolute Gasteiger partial charge is 0.265 e. The Morgan fingerprint density at radius 2 is 2.19 bits per heavy atom. The molecule has 1 aromatic carbocycles. The van der Waals surface area contributed by atoms with Crippen molar-refractivity contribution in [3.8, 4) is 0 Å². The Kier molecular flexibility index (Phi) is 5.55. The number of nitrogen functional groups attached to an aromatic ring is 1. The van der Waals surface area contributed by atoms with Crippen LogP contribution in [-0.4, -0.2) is 17.4 Å². The van der Waals surface area contributed by atoms with Gasteiger partial charge in [0.25, 0.3) is 5.91 Å². The average molecular weight is 352 g/mol. The van der Waals surface area contributed by atoms with E-state index in [1.54, 1.807) is 18.4 Å². The van der Waals surface area contributed by atoms with Crippen molar-refractivity contribution in [1.29, 1.82) is 0 Å². The Balaban J connectivity index is 2.08. The molecule has 0 radical (unpaired) electrons. The first kappa shape index (κ1) is 15.8. The number of nitrogens with zero attached hydrogens (tertiary/aromatic N) is 1. The third-order valence-electron chi connectivity index (χ3n) is 3.25. The Morgan fingerprint density at radius 3 is 2.76 bits per heavy atom. The number of carbonyl (C=O) groups excluding carboxylic acids is 1. The zero-order valence-corrected chi connectivity index (χ0v) is 13.4. The van der Waals surface area contributed by atoms with Crippen LogP contribution in [0.3, 0.4) is 0 Å². The quantitative estimate of drug-likeness (QED) is 0.476. The minimum absolute atomic E-state index is 0.301. The van der Waals surface area contributed by atoms with Gasteiger partial charge in [-0.15, -0.1) is 0 Å². The van der Waals surface area contributed by atoms with Crippen LogP contribution in [-0.2, 0) is 13.1 Å². The van der Waals surface area contributed by atoms with Crippen molar-refractivity contribution in [2.24, 2.45) is 5.84 Å². The lowest BCUT2D eigenvalue weighted by molar-refractivity contribution is 0.0953. The third-order valence-corrected chi connectivity index (χ3v) is 3.99. The molecule has 112 valence electrons. The summed E-state index contributed by atoms with van der Waals surface area (Å²) in [5.74, 6) is 5.77. The summed E-state index contributed by atoms with van der Waals surface area (Å²) >= 11 is 3.51. The molecule has 6 heteroatoms. The average Bonchev–Trinajstić information content (AvgIpc) is 3.00. The number of nitrogens with one attached hydrogen (secondary N) is 1. The molecule has 2 rings (SSSR count). The molecule has 0 atom stereocenters. The highest BCUT2D eigenvalue weighted by molar-refractivity contribution is 9.10. The van der Waals surface area contributed by atoms with Crippen molar-refractivity contribution >= 4 is 21.8 Å². The molecule has 1 aromatic heterocycles. The summed E-state index contributed by atoms with van der Waals surface area (Å²) in [6.45, 7) is 4.52. The normalized spacial score (nSPS) is 10.9. The molecule has 5 nitrogen and oxygen atoms in total. The molecule has 0 aliphatic carbocycles. The first-order chi connectivity index (χ1) is 10.1. The maximum Gasteiger partial charge on any atom is 0.265 e. The van der Waals surface area contributed by atoms with Gasteiger partial charge >= 0.3 is 0 Å². The van der Waals surface area contributed by atoms with Gasteiger partial charge in [-0.2, -0.15) is 0 Å². The van der Waals surface area contributed by atoms with Gasteiger partial charge in [0.15, 0.2) is 0 Å². The second-order valence-corrected chi connectivity index (χ2v) is 5.52. The lowest BCUT2D eigenvalue weighted by Gasteiger charge is -2.20. The Morgan fingerprint density at radius 1 is 1.38 bits per heavy atom. The minimum Gasteiger partial charge on any atom is -0.468 e. The predicted molar refractivity (Wildman–Crippen MR) is 84.3 cm³/mol. The van der Waals surface area contributed by atoms with Crippen LogP contribution in [0.2, 0.25) is 0 Å². The van der Waals surface area contributed by atoms with Crippen molar-refractivity contribution in [3.05, 3.63) is 58.0 Å². The van der Waals surface area contributed by atoms with E-state index in [1.807, 2.05) is 18.2 Å². The Bertz CT molecular complexity index is 599. The van der Waals surface area contributed by atoms with Crippen molar-refractivity contribution in [1.82, 2.24) is 10.3 Å². The third kappa shape index (κ3) is 4.17. The lowest BCUT2D eigenvalue weighted by atomic mass is 10.1. The summed E-state index contributed by atoms with van der Waals surface area (Å²) in [4.78, 5) is 13.7. The number of furan rings is 1. The second-order valence-electron chi connectivity index (χ2n) is 4.66. The molecule has 0 aliphatic rings. The lowest BCUT2D eigenvalue weighted by Crippen LogP contribution is -2.30. The fraction of sp³-hybridized carbons (Fsp3) is 0.267. The van der Waals surface area contributed by atoms with Crippen LogP contribution >= 0.6 is 15.9 Å². The van der Waals surface area contributed by atoms with Crippen LogP contribution in [0.4, 0.5) is 0 Å². The Labute approximate surface area is 132 Å². The van der Waals surface area contributed by atoms with E-state index >= 15 is 0 Å². The minimum atomic E-state index is -0.301. The number of hydrazine groups is 1. The molecule has 2 aromatic rings. The summed E-state index contributed by atoms with van der Waals surface area (Å²) < 4.78 is 6.27. The number of amides is 1. The van der Waals surface area contributed by atoms with Gasteiger partial charge in [0.2, 0.25) is 0 Å². The first-order valence-corrected chi connectivity index (χ1v) is 7.47. The van der Waals surface area contributed by atoms with Crippen molar-refractivity contribution < 1.29 is 9.21 Å². The van der Waals surface area contributed by atoms with E-state index in [9.17, 15) is 4.79 Å². The van der Waals surface area contributed by atoms with Gasteiger partial charge in [0.1, 0.15) is 5.76 Å². The first-order valence-electron chi connectivity index (χ1n) is 6.68. The monoisotopic (exact) mass is 351 g/mol. The number of rotatable bonds is 6. The highest BCUT2D eigenvalue weighted by Crippen LogP contribution is 2.21. The fourth-order valence-electron chi connectivity index (χ4n) is 2.04. The number of carbonyl (C=O) groups is 1. The molecule has 3 N–H and O–H groups in total. The molecule has 0 unspecified atom stereocenters. The van der Waals surface area contributed by atoms with Crippen LogP contribution < -0.4 is 11.3 Å². The molecule has 21 heavy (non-hydrogen) atoms. The predicted octanol–water partition coefficient (Wildman–Crippen LogP) is 2.67. The van der Waals surface area contributed by atoms with Crippen LogP contribution in [0, 0.1) is 0 Å². The van der Waals surface area contributed by atoms with E-state index in [0.717, 1.165) is 35.4 Å². The molecule has 0 spiro atoms. The number of halogens is 1. The van der Waals surface area contributed by atoms with Crippen molar-refractivity contribution in [2.75, 3.05) is 6.54 Å². The summed E-state index contributed by atoms with van der Waals surface area (Å²) in [5, 5.41) is 0. The van der Waals surface area contributed by atoms with Gasteiger partial charge in [-0.05, 0) is 36.4 Å². The maximum absolute atomic E-state index is 11.5. The Hall–Kier alpha value is -1.63. The van der Waals surface area contributed by atoms with Gasteiger partial charge < -0.3 is 4.42 Å². The molecule has 0 aliphatic heterocycles. The highest BCUT2D eigenvalue weighted by Gasteiger charge is 2.11. The number of hydrogen-bond donors (Lipinski definition) is 2. The van der Waals surface area contributed by atoms with E-state index in [1.165, 1.54) is 0 Å². The van der Waals surface area contributed by atoms with Gasteiger partial charge in [0.05, 0.1) is 12.8 Å². The summed E-state index contributed by atoms with van der Waals surface area (Å²) in [6, 6.07) is 9.33. The molecular weight excluding hydrogens is 334 g/mol. The zero-order valence-electron chi connectivity index (χ0n) is 11.8. The number of hydrogen-bond acceptors (Lipinski definition) is 4. The van der Waals surface area contributed by atoms with Crippen LogP contribution in [0.5, 0.6) is 0 Å². The highest BCUT2D eigenvalue weighted by atomic mass is 79.9. The van der Waals surface area contributed by atoms with E-state index < -0.39 is 0 Å². The second kappa shape index (κ2) is 7.40. The van der Waals surface area contributed by atoms with Gasteiger partial charge in [-0.3, -0.25) is 15.1 Å². The van der Waals surface area contributed by atoms with Gasteiger partial charge in [-0.1, -0.05) is 28.9 Å². The van der Waals surface area contributed by atoms with Crippen LogP contribution in [0.1, 0.15) is 28.6 Å². The summed E-state index contributed by atoms with van der Waals surface area (Å²) in [6.07, 6.45) is 1.68. The topological polar surface area (TPSA) is 71.5 Å². The molecule has 0 saturated heterocycles. The molecule has 1 amide bonds. The standard InChI is InChI=1S/C15H18BrN3O2/c1-2-19(10-13-4-3-7-21-13)9-12-6-5-11(8-14(12)16)15(20)18-17/h3-8H,2,9-10,17H2,1H3,(H,18,20). The number of nitrogens with two attached hydrogens (primary N) is 1. The van der Waals surface area contributed by atoms with Crippen molar-refractivity contribution in [3.63, 3.8) is 0 Å². The van der Waals surface area contributed by atoms with E-state index in [0.29, 0.717) is 5.56 Å². The van der Waals surface area contributed by atoms with Gasteiger partial charge in [0, 0.05) is 16.6 Å². The largest absolute Gasteiger partial charge is 0.468 e. The van der Waals surface area contributed by atoms with Crippen LogP contribution in [0.25, 0.3) is 0 Å². The van der Waals surface area contributed by atoms with Crippen molar-refractivity contribution in [2.45, 2.75) is 20.0 Å². The molecular formula is C15H18BrN3O2. The van der Waals surface area contributed by atoms with Crippen LogP contribution in [0.15, 0.2) is 45.5 Å². The van der Waals surface area contributed by atoms with E-state index in [4.69, 9.17) is 10.3 Å². The van der Waals surface area contributed by atoms with E-state index in [2.05, 4.69) is 33.2 Å². The summed E-state index contributed by atoms with van der Waals surface area (Å²) in [7, 11) is 0. The summed E-state index contributed by atoms with van der Waals surface area (Å²) in [5.41, 5.74) is 3.77. The SMILES string of the molecule is CCN(Cc1ccco1)Cc1ccc(C(=O)NN)cc1Br. The fourth-order valence-corrected chi connectivity index (χ4v) is 2.55. The number of benzene rings is 1. The zero-order chi connectivity index (χ0) is 15.2. The molecule has 0 saturated carbocycles. The van der Waals surface area contributed by atoms with Gasteiger partial charge in [-0.25, -0.2) is 5.84 Å². The van der Waals surface area contributed by atoms with E-state index in [-0.39, 0.29) is 5.91 Å². The molecule has 0 bridgehead atoms. The maximum atomic E-state index is 11.5. The molecule has 1 heterocycles.